The highest BCUT2D eigenvalue weighted by molar-refractivity contribution is 7.99. The summed E-state index contributed by atoms with van der Waals surface area (Å²) < 4.78 is 7.39. The molecule has 0 fully saturated rings. The van der Waals surface area contributed by atoms with Gasteiger partial charge in [0, 0.05) is 36.9 Å². The maximum absolute atomic E-state index is 5.34. The van der Waals surface area contributed by atoms with Crippen molar-refractivity contribution in [2.75, 3.05) is 19.0 Å². The van der Waals surface area contributed by atoms with Crippen LogP contribution in [0.4, 0.5) is 0 Å². The predicted molar refractivity (Wildman–Crippen MR) is 80.7 cm³/mol. The van der Waals surface area contributed by atoms with E-state index in [0.29, 0.717) is 13.2 Å². The van der Waals surface area contributed by atoms with Crippen LogP contribution in [0.15, 0.2) is 42.3 Å². The summed E-state index contributed by atoms with van der Waals surface area (Å²) in [6.07, 6.45) is 5.36. The SMILES string of the molecule is C=CCn1c(SCCOCC)nnc1-c1ccncc1. The van der Waals surface area contributed by atoms with Crippen LogP contribution in [0.1, 0.15) is 6.92 Å². The fourth-order valence-corrected chi connectivity index (χ4v) is 2.54. The number of pyridine rings is 1. The summed E-state index contributed by atoms with van der Waals surface area (Å²) in [5, 5.41) is 9.43. The standard InChI is InChI=1S/C14H18N4OS/c1-3-9-18-13(12-5-7-15-8-6-12)16-17-14(18)20-11-10-19-4-2/h3,5-8H,1,4,9-11H2,2H3. The lowest BCUT2D eigenvalue weighted by Crippen LogP contribution is -2.02. The van der Waals surface area contributed by atoms with Gasteiger partial charge in [0.25, 0.3) is 0 Å². The summed E-state index contributed by atoms with van der Waals surface area (Å²) in [6, 6.07) is 3.86. The van der Waals surface area contributed by atoms with E-state index in [0.717, 1.165) is 28.9 Å². The third kappa shape index (κ3) is 3.68. The van der Waals surface area contributed by atoms with Crippen LogP contribution in [0.3, 0.4) is 0 Å². The van der Waals surface area contributed by atoms with Crippen LogP contribution in [0, 0.1) is 0 Å². The quantitative estimate of drug-likeness (QED) is 0.425. The van der Waals surface area contributed by atoms with Gasteiger partial charge in [0.1, 0.15) is 0 Å². The minimum atomic E-state index is 0.682. The van der Waals surface area contributed by atoms with Gasteiger partial charge in [0.15, 0.2) is 11.0 Å². The Morgan fingerprint density at radius 3 is 2.85 bits per heavy atom. The molecule has 0 saturated heterocycles. The zero-order valence-electron chi connectivity index (χ0n) is 11.5. The van der Waals surface area contributed by atoms with Crippen LogP contribution < -0.4 is 0 Å². The van der Waals surface area contributed by atoms with E-state index < -0.39 is 0 Å². The van der Waals surface area contributed by atoms with Crippen molar-refractivity contribution in [1.29, 1.82) is 0 Å². The van der Waals surface area contributed by atoms with E-state index in [-0.39, 0.29) is 0 Å². The lowest BCUT2D eigenvalue weighted by Gasteiger charge is -2.07. The average molecular weight is 290 g/mol. The highest BCUT2D eigenvalue weighted by Crippen LogP contribution is 2.23. The molecule has 0 radical (unpaired) electrons. The lowest BCUT2D eigenvalue weighted by atomic mass is 10.2. The Morgan fingerprint density at radius 2 is 2.15 bits per heavy atom. The number of thioether (sulfide) groups is 1. The van der Waals surface area contributed by atoms with Crippen LogP contribution in [0.25, 0.3) is 11.4 Å². The number of aromatic nitrogens is 4. The van der Waals surface area contributed by atoms with Gasteiger partial charge in [-0.25, -0.2) is 0 Å². The summed E-state index contributed by atoms with van der Waals surface area (Å²) in [5.41, 5.74) is 1.01. The molecule has 0 aliphatic heterocycles. The first-order valence-corrected chi connectivity index (χ1v) is 7.50. The molecule has 0 aromatic carbocycles. The molecule has 0 amide bonds. The van der Waals surface area contributed by atoms with E-state index in [2.05, 4.69) is 26.3 Å². The van der Waals surface area contributed by atoms with Crippen LogP contribution in [0.2, 0.25) is 0 Å². The predicted octanol–water partition coefficient (Wildman–Crippen LogP) is 2.65. The molecule has 0 aliphatic carbocycles. The van der Waals surface area contributed by atoms with E-state index in [4.69, 9.17) is 4.74 Å². The van der Waals surface area contributed by atoms with E-state index in [9.17, 15) is 0 Å². The maximum atomic E-state index is 5.34. The molecule has 0 N–H and O–H groups in total. The van der Waals surface area contributed by atoms with Crippen LogP contribution in [0.5, 0.6) is 0 Å². The number of nitrogens with zero attached hydrogens (tertiary/aromatic N) is 4. The summed E-state index contributed by atoms with van der Waals surface area (Å²) in [6.45, 7) is 7.93. The molecule has 2 aromatic heterocycles. The van der Waals surface area contributed by atoms with E-state index >= 15 is 0 Å². The number of hydrogen-bond donors (Lipinski definition) is 0. The molecule has 2 rings (SSSR count). The first-order chi connectivity index (χ1) is 9.86. The summed E-state index contributed by atoms with van der Waals surface area (Å²) in [7, 11) is 0. The van der Waals surface area contributed by atoms with Crippen LogP contribution in [-0.4, -0.2) is 38.7 Å². The molecular weight excluding hydrogens is 272 g/mol. The third-order valence-corrected chi connectivity index (χ3v) is 3.56. The van der Waals surface area contributed by atoms with E-state index in [1.54, 1.807) is 24.2 Å². The summed E-state index contributed by atoms with van der Waals surface area (Å²) in [5.74, 6) is 1.70. The van der Waals surface area contributed by atoms with Gasteiger partial charge in [0.2, 0.25) is 0 Å². The molecule has 0 aliphatic rings. The van der Waals surface area contributed by atoms with Crippen molar-refractivity contribution < 1.29 is 4.74 Å². The normalized spacial score (nSPS) is 10.7. The fraction of sp³-hybridized carbons (Fsp3) is 0.357. The topological polar surface area (TPSA) is 52.8 Å². The van der Waals surface area contributed by atoms with Crippen LogP contribution >= 0.6 is 11.8 Å². The smallest absolute Gasteiger partial charge is 0.191 e. The van der Waals surface area contributed by atoms with Gasteiger partial charge in [-0.1, -0.05) is 17.8 Å². The molecule has 0 atom stereocenters. The maximum Gasteiger partial charge on any atom is 0.191 e. The molecule has 5 nitrogen and oxygen atoms in total. The van der Waals surface area contributed by atoms with Crippen molar-refractivity contribution >= 4 is 11.8 Å². The summed E-state index contributed by atoms with van der Waals surface area (Å²) in [4.78, 5) is 4.02. The zero-order valence-corrected chi connectivity index (χ0v) is 12.3. The number of rotatable bonds is 8. The number of hydrogen-bond acceptors (Lipinski definition) is 5. The Kier molecular flexibility index (Phi) is 5.76. The first-order valence-electron chi connectivity index (χ1n) is 6.51. The lowest BCUT2D eigenvalue weighted by molar-refractivity contribution is 0.164. The molecule has 6 heteroatoms. The van der Waals surface area contributed by atoms with E-state index in [1.165, 1.54) is 0 Å². The highest BCUT2D eigenvalue weighted by atomic mass is 32.2. The Balaban J connectivity index is 2.17. The third-order valence-electron chi connectivity index (χ3n) is 2.63. The molecule has 2 heterocycles. The second-order valence-corrected chi connectivity index (χ2v) is 5.05. The average Bonchev–Trinajstić information content (AvgIpc) is 2.88. The molecule has 0 unspecified atom stereocenters. The molecular formula is C14H18N4OS. The molecule has 106 valence electrons. The summed E-state index contributed by atoms with van der Waals surface area (Å²) >= 11 is 1.64. The van der Waals surface area contributed by atoms with Crippen molar-refractivity contribution in [3.8, 4) is 11.4 Å². The van der Waals surface area contributed by atoms with Gasteiger partial charge >= 0.3 is 0 Å². The molecule has 2 aromatic rings. The van der Waals surface area contributed by atoms with Crippen molar-refractivity contribution in [2.24, 2.45) is 0 Å². The van der Waals surface area contributed by atoms with Crippen molar-refractivity contribution in [3.05, 3.63) is 37.2 Å². The van der Waals surface area contributed by atoms with Gasteiger partial charge in [-0.2, -0.15) is 0 Å². The second-order valence-electron chi connectivity index (χ2n) is 3.99. The Morgan fingerprint density at radius 1 is 1.35 bits per heavy atom. The van der Waals surface area contributed by atoms with Gasteiger partial charge in [-0.05, 0) is 19.1 Å². The second kappa shape index (κ2) is 7.81. The van der Waals surface area contributed by atoms with Crippen molar-refractivity contribution in [2.45, 2.75) is 18.6 Å². The largest absolute Gasteiger partial charge is 0.381 e. The van der Waals surface area contributed by atoms with Gasteiger partial charge in [-0.15, -0.1) is 16.8 Å². The van der Waals surface area contributed by atoms with Gasteiger partial charge in [0.05, 0.1) is 6.61 Å². The molecule has 0 saturated carbocycles. The fourth-order valence-electron chi connectivity index (χ4n) is 1.74. The van der Waals surface area contributed by atoms with E-state index in [1.807, 2.05) is 25.1 Å². The highest BCUT2D eigenvalue weighted by Gasteiger charge is 2.12. The van der Waals surface area contributed by atoms with Crippen LogP contribution in [-0.2, 0) is 11.3 Å². The first kappa shape index (κ1) is 14.7. The number of allylic oxidation sites excluding steroid dienone is 1. The zero-order chi connectivity index (χ0) is 14.2. The molecule has 0 bridgehead atoms. The molecule has 20 heavy (non-hydrogen) atoms. The minimum absolute atomic E-state index is 0.682. The Labute approximate surface area is 123 Å². The Bertz CT molecular complexity index is 541. The monoisotopic (exact) mass is 290 g/mol. The Hall–Kier alpha value is -1.66. The van der Waals surface area contributed by atoms with Gasteiger partial charge in [-0.3, -0.25) is 9.55 Å². The van der Waals surface area contributed by atoms with Crippen molar-refractivity contribution in [1.82, 2.24) is 19.7 Å². The van der Waals surface area contributed by atoms with Gasteiger partial charge < -0.3 is 4.74 Å². The molecule has 0 spiro atoms. The van der Waals surface area contributed by atoms with Crippen molar-refractivity contribution in [3.63, 3.8) is 0 Å². The minimum Gasteiger partial charge on any atom is -0.381 e. The number of ether oxygens (including phenoxy) is 1.